The molecule has 1 aliphatic rings. The lowest BCUT2D eigenvalue weighted by molar-refractivity contribution is 0.145. The van der Waals surface area contributed by atoms with Gasteiger partial charge >= 0.3 is 0 Å². The minimum Gasteiger partial charge on any atom is -0.393 e. The van der Waals surface area contributed by atoms with E-state index in [1.54, 1.807) is 6.07 Å². The van der Waals surface area contributed by atoms with Gasteiger partial charge in [-0.25, -0.2) is 4.39 Å². The first kappa shape index (κ1) is 16.0. The molecule has 3 rings (SSSR count). The number of aliphatic hydroxyl groups excluding tert-OH is 1. The summed E-state index contributed by atoms with van der Waals surface area (Å²) in [4.78, 5) is 2.03. The number of halogens is 1. The number of nitrogens with zero attached hydrogens (tertiary/aromatic N) is 1. The first-order valence-electron chi connectivity index (χ1n) is 8.18. The summed E-state index contributed by atoms with van der Waals surface area (Å²) in [5.41, 5.74) is 2.96. The summed E-state index contributed by atoms with van der Waals surface area (Å²) in [6, 6.07) is 15.5. The van der Waals surface area contributed by atoms with E-state index in [4.69, 9.17) is 0 Å². The average Bonchev–Trinajstić information content (AvgIpc) is 2.58. The third kappa shape index (κ3) is 4.30. The van der Waals surface area contributed by atoms with Gasteiger partial charge in [-0.1, -0.05) is 36.4 Å². The smallest absolute Gasteiger partial charge is 0.146 e. The second-order valence-corrected chi connectivity index (χ2v) is 6.09. The standard InChI is InChI=1S/C19H23FN2O/c20-18-7-6-16(14-21-13-15-4-2-1-3-5-15)12-19(18)22-10-8-17(23)9-11-22/h1-7,12,17,21,23H,8-11,13-14H2. The lowest BCUT2D eigenvalue weighted by Crippen LogP contribution is -2.36. The van der Waals surface area contributed by atoms with Crippen molar-refractivity contribution < 1.29 is 9.50 Å². The topological polar surface area (TPSA) is 35.5 Å². The van der Waals surface area contributed by atoms with Gasteiger partial charge in [0.15, 0.2) is 0 Å². The maximum Gasteiger partial charge on any atom is 0.146 e. The van der Waals surface area contributed by atoms with E-state index in [1.807, 2.05) is 35.2 Å². The highest BCUT2D eigenvalue weighted by Gasteiger charge is 2.19. The van der Waals surface area contributed by atoms with Crippen molar-refractivity contribution in [3.05, 3.63) is 65.5 Å². The molecule has 2 N–H and O–H groups in total. The van der Waals surface area contributed by atoms with E-state index in [1.165, 1.54) is 5.56 Å². The van der Waals surface area contributed by atoms with Crippen LogP contribution in [0.2, 0.25) is 0 Å². The number of hydrogen-bond acceptors (Lipinski definition) is 3. The van der Waals surface area contributed by atoms with Crippen molar-refractivity contribution in [2.45, 2.75) is 32.0 Å². The molecule has 0 atom stereocenters. The minimum absolute atomic E-state index is 0.187. The number of piperidine rings is 1. The van der Waals surface area contributed by atoms with Crippen molar-refractivity contribution in [2.75, 3.05) is 18.0 Å². The Morgan fingerprint density at radius 2 is 1.70 bits per heavy atom. The van der Waals surface area contributed by atoms with Crippen LogP contribution >= 0.6 is 0 Å². The van der Waals surface area contributed by atoms with Crippen LogP contribution in [0.5, 0.6) is 0 Å². The van der Waals surface area contributed by atoms with Crippen molar-refractivity contribution in [3.8, 4) is 0 Å². The molecule has 1 heterocycles. The summed E-state index contributed by atoms with van der Waals surface area (Å²) in [5.74, 6) is -0.187. The van der Waals surface area contributed by atoms with Gasteiger partial charge in [-0.05, 0) is 36.1 Å². The summed E-state index contributed by atoms with van der Waals surface area (Å²) in [5, 5.41) is 13.0. The maximum atomic E-state index is 14.1. The Balaban J connectivity index is 1.61. The highest BCUT2D eigenvalue weighted by Crippen LogP contribution is 2.24. The molecule has 23 heavy (non-hydrogen) atoms. The van der Waals surface area contributed by atoms with Gasteiger partial charge in [-0.3, -0.25) is 0 Å². The predicted molar refractivity (Wildman–Crippen MR) is 90.8 cm³/mol. The second kappa shape index (κ2) is 7.57. The third-order valence-electron chi connectivity index (χ3n) is 4.32. The van der Waals surface area contributed by atoms with Crippen molar-refractivity contribution in [3.63, 3.8) is 0 Å². The zero-order valence-corrected chi connectivity index (χ0v) is 13.2. The van der Waals surface area contributed by atoms with Crippen LogP contribution in [0.15, 0.2) is 48.5 Å². The van der Waals surface area contributed by atoms with Crippen LogP contribution in [-0.2, 0) is 13.1 Å². The summed E-state index contributed by atoms with van der Waals surface area (Å²) in [6.07, 6.45) is 1.16. The summed E-state index contributed by atoms with van der Waals surface area (Å²) in [6.45, 7) is 2.92. The molecule has 1 fully saturated rings. The van der Waals surface area contributed by atoms with E-state index < -0.39 is 0 Å². The first-order chi connectivity index (χ1) is 11.2. The van der Waals surface area contributed by atoms with E-state index in [-0.39, 0.29) is 11.9 Å². The van der Waals surface area contributed by atoms with E-state index in [0.717, 1.165) is 12.1 Å². The normalized spacial score (nSPS) is 15.8. The minimum atomic E-state index is -0.245. The number of benzene rings is 2. The largest absolute Gasteiger partial charge is 0.393 e. The SMILES string of the molecule is OC1CCN(c2cc(CNCc3ccccc3)ccc2F)CC1. The molecule has 1 aliphatic heterocycles. The number of anilines is 1. The maximum absolute atomic E-state index is 14.1. The molecule has 1 saturated heterocycles. The Morgan fingerprint density at radius 1 is 1.00 bits per heavy atom. The fourth-order valence-electron chi connectivity index (χ4n) is 2.96. The van der Waals surface area contributed by atoms with Gasteiger partial charge in [0.25, 0.3) is 0 Å². The van der Waals surface area contributed by atoms with Gasteiger partial charge in [0.05, 0.1) is 11.8 Å². The zero-order chi connectivity index (χ0) is 16.1. The molecule has 4 heteroatoms. The van der Waals surface area contributed by atoms with E-state index in [2.05, 4.69) is 17.4 Å². The summed E-state index contributed by atoms with van der Waals surface area (Å²) >= 11 is 0. The van der Waals surface area contributed by atoms with Gasteiger partial charge in [-0.15, -0.1) is 0 Å². The Kier molecular flexibility index (Phi) is 5.26. The molecular weight excluding hydrogens is 291 g/mol. The number of rotatable bonds is 5. The highest BCUT2D eigenvalue weighted by atomic mass is 19.1. The van der Waals surface area contributed by atoms with Crippen molar-refractivity contribution in [2.24, 2.45) is 0 Å². The van der Waals surface area contributed by atoms with Crippen LogP contribution in [0.3, 0.4) is 0 Å². The number of hydrogen-bond donors (Lipinski definition) is 2. The Hall–Kier alpha value is -1.91. The average molecular weight is 314 g/mol. The Labute approximate surface area is 136 Å². The lowest BCUT2D eigenvalue weighted by atomic mass is 10.1. The van der Waals surface area contributed by atoms with Gasteiger partial charge in [0.1, 0.15) is 5.82 Å². The van der Waals surface area contributed by atoms with Gasteiger partial charge in [-0.2, -0.15) is 0 Å². The molecule has 0 bridgehead atoms. The van der Waals surface area contributed by atoms with Crippen molar-refractivity contribution in [1.29, 1.82) is 0 Å². The molecule has 0 aliphatic carbocycles. The number of nitrogens with one attached hydrogen (secondary N) is 1. The van der Waals surface area contributed by atoms with E-state index >= 15 is 0 Å². The summed E-state index contributed by atoms with van der Waals surface area (Å²) in [7, 11) is 0. The molecule has 3 nitrogen and oxygen atoms in total. The fourth-order valence-corrected chi connectivity index (χ4v) is 2.96. The molecule has 0 unspecified atom stereocenters. The van der Waals surface area contributed by atoms with Crippen LogP contribution in [0.4, 0.5) is 10.1 Å². The van der Waals surface area contributed by atoms with E-state index in [0.29, 0.717) is 38.2 Å². The van der Waals surface area contributed by atoms with Gasteiger partial charge < -0.3 is 15.3 Å². The molecule has 2 aromatic rings. The zero-order valence-electron chi connectivity index (χ0n) is 13.2. The Morgan fingerprint density at radius 3 is 2.43 bits per heavy atom. The lowest BCUT2D eigenvalue weighted by Gasteiger charge is -2.32. The highest BCUT2D eigenvalue weighted by molar-refractivity contribution is 5.50. The van der Waals surface area contributed by atoms with E-state index in [9.17, 15) is 9.50 Å². The van der Waals surface area contributed by atoms with Crippen molar-refractivity contribution in [1.82, 2.24) is 5.32 Å². The second-order valence-electron chi connectivity index (χ2n) is 6.09. The van der Waals surface area contributed by atoms with Gasteiger partial charge in [0.2, 0.25) is 0 Å². The number of aliphatic hydroxyl groups is 1. The molecule has 0 amide bonds. The van der Waals surface area contributed by atoms with Crippen LogP contribution in [0.25, 0.3) is 0 Å². The third-order valence-corrected chi connectivity index (χ3v) is 4.32. The molecule has 2 aromatic carbocycles. The summed E-state index contributed by atoms with van der Waals surface area (Å²) < 4.78 is 14.1. The molecule has 0 radical (unpaired) electrons. The van der Waals surface area contributed by atoms with Gasteiger partial charge in [0, 0.05) is 26.2 Å². The molecule has 0 aromatic heterocycles. The Bertz CT molecular complexity index is 625. The molecule has 0 spiro atoms. The predicted octanol–water partition coefficient (Wildman–Crippen LogP) is 3.08. The fraction of sp³-hybridized carbons (Fsp3) is 0.368. The quantitative estimate of drug-likeness (QED) is 0.890. The van der Waals surface area contributed by atoms with Crippen molar-refractivity contribution >= 4 is 5.69 Å². The van der Waals surface area contributed by atoms with Crippen LogP contribution in [-0.4, -0.2) is 24.3 Å². The molecule has 122 valence electrons. The van der Waals surface area contributed by atoms with Crippen LogP contribution in [0, 0.1) is 5.82 Å². The first-order valence-corrected chi connectivity index (χ1v) is 8.18. The monoisotopic (exact) mass is 314 g/mol. The molecule has 0 saturated carbocycles. The molecular formula is C19H23FN2O. The van der Waals surface area contributed by atoms with Crippen LogP contribution in [0.1, 0.15) is 24.0 Å². The van der Waals surface area contributed by atoms with Crippen LogP contribution < -0.4 is 10.2 Å².